The lowest BCUT2D eigenvalue weighted by Crippen LogP contribution is -2.60. The van der Waals surface area contributed by atoms with Crippen LogP contribution in [0.3, 0.4) is 0 Å². The van der Waals surface area contributed by atoms with E-state index in [2.05, 4.69) is 17.6 Å². The minimum Gasteiger partial charge on any atom is -0.458 e. The Morgan fingerprint density at radius 2 is 1.71 bits per heavy atom. The van der Waals surface area contributed by atoms with E-state index in [1.807, 2.05) is 60.5 Å². The van der Waals surface area contributed by atoms with Gasteiger partial charge in [0.15, 0.2) is 17.7 Å². The summed E-state index contributed by atoms with van der Waals surface area (Å²) in [6, 6.07) is -1.16. The molecule has 2 amide bonds. The third-order valence-corrected chi connectivity index (χ3v) is 11.2. The lowest BCUT2D eigenvalue weighted by atomic mass is 9.78. The molecule has 3 rings (SSSR count). The SMILES string of the molecule is CC[C@H]1OC(=O)C(C)C(=O)[C@H](C)[C@@H](OC2OC(CN(C)C(=O)C(C)(C)C)CC(N(C)C)C2O)[C@](C)(OC)C[C@@H](C)CN[C@H](C)[C@H]2NC(=O)O[C@@]21C. The van der Waals surface area contributed by atoms with E-state index >= 15 is 0 Å². The van der Waals surface area contributed by atoms with Crippen molar-refractivity contribution in [2.45, 2.75) is 149 Å². The number of likely N-dealkylation sites (N-methyl/N-ethyl adjacent to an activating group) is 2. The minimum absolute atomic E-state index is 0.0194. The molecule has 0 aromatic rings. The van der Waals surface area contributed by atoms with Crippen molar-refractivity contribution in [1.29, 1.82) is 0 Å². The third-order valence-electron chi connectivity index (χ3n) is 11.2. The molecule has 14 nitrogen and oxygen atoms in total. The van der Waals surface area contributed by atoms with Crippen molar-refractivity contribution < 1.29 is 48.0 Å². The summed E-state index contributed by atoms with van der Waals surface area (Å²) < 4.78 is 31.1. The number of amides is 2. The van der Waals surface area contributed by atoms with Gasteiger partial charge in [-0.2, -0.15) is 0 Å². The van der Waals surface area contributed by atoms with Crippen molar-refractivity contribution in [3.8, 4) is 0 Å². The highest BCUT2D eigenvalue weighted by Gasteiger charge is 2.55. The summed E-state index contributed by atoms with van der Waals surface area (Å²) in [6.07, 6.45) is -3.90. The standard InChI is InChI=1S/C37H66N4O10/c1-15-26-37(10)29(39-34(46)51-37)23(5)38-18-20(2)17-36(9,47-14)30(21(3)27(42)22(4)31(44)49-26)50-32-28(43)25(40(11)12)16-24(48-32)19-41(13)33(45)35(6,7)8/h20-26,28-30,32,38,43H,15-19H2,1-14H3,(H,39,46)/t20-,21+,22?,23-,24?,25?,26-,28?,29-,30-,32?,36-,37-/m1/s1. The van der Waals surface area contributed by atoms with Crippen LogP contribution >= 0.6 is 0 Å². The number of carbonyl (C=O) groups is 4. The van der Waals surface area contributed by atoms with Crippen LogP contribution < -0.4 is 10.6 Å². The molecular formula is C37H66N4O10. The average Bonchev–Trinajstić information content (AvgIpc) is 3.37. The monoisotopic (exact) mass is 726 g/mol. The summed E-state index contributed by atoms with van der Waals surface area (Å²) in [7, 11) is 7.02. The first kappa shape index (κ1) is 43.0. The Morgan fingerprint density at radius 3 is 2.25 bits per heavy atom. The van der Waals surface area contributed by atoms with Crippen molar-refractivity contribution >= 4 is 23.8 Å². The quantitative estimate of drug-likeness (QED) is 0.260. The van der Waals surface area contributed by atoms with Crippen LogP contribution in [0, 0.1) is 23.2 Å². The largest absolute Gasteiger partial charge is 0.458 e. The Balaban J connectivity index is 2.02. The number of nitrogens with zero attached hydrogens (tertiary/aromatic N) is 2. The maximum Gasteiger partial charge on any atom is 0.408 e. The summed E-state index contributed by atoms with van der Waals surface area (Å²) in [5, 5.41) is 18.1. The van der Waals surface area contributed by atoms with E-state index in [4.69, 9.17) is 23.7 Å². The van der Waals surface area contributed by atoms with Crippen LogP contribution in [0.4, 0.5) is 4.79 Å². The highest BCUT2D eigenvalue weighted by Crippen LogP contribution is 2.38. The Bertz CT molecular complexity index is 1240. The smallest absolute Gasteiger partial charge is 0.408 e. The van der Waals surface area contributed by atoms with Crippen LogP contribution in [0.2, 0.25) is 0 Å². The zero-order valence-corrected chi connectivity index (χ0v) is 33.4. The maximum atomic E-state index is 14.3. The van der Waals surface area contributed by atoms with E-state index in [0.717, 1.165) is 0 Å². The number of aliphatic hydroxyl groups excluding tert-OH is 1. The van der Waals surface area contributed by atoms with Gasteiger partial charge < -0.3 is 49.2 Å². The van der Waals surface area contributed by atoms with Crippen LogP contribution in [-0.4, -0.2) is 140 Å². The van der Waals surface area contributed by atoms with E-state index in [1.54, 1.807) is 32.9 Å². The Morgan fingerprint density at radius 1 is 1.08 bits per heavy atom. The molecule has 3 fully saturated rings. The summed E-state index contributed by atoms with van der Waals surface area (Å²) >= 11 is 0. The number of ether oxygens (including phenoxy) is 5. The van der Waals surface area contributed by atoms with Crippen LogP contribution in [-0.2, 0) is 38.1 Å². The molecule has 0 radical (unpaired) electrons. The Kier molecular flexibility index (Phi) is 14.1. The number of alkyl carbamates (subject to hydrolysis) is 1. The van der Waals surface area contributed by atoms with Crippen molar-refractivity contribution in [3.05, 3.63) is 0 Å². The first-order valence-electron chi connectivity index (χ1n) is 18.4. The fourth-order valence-corrected chi connectivity index (χ4v) is 8.10. The van der Waals surface area contributed by atoms with Crippen molar-refractivity contribution in [1.82, 2.24) is 20.4 Å². The van der Waals surface area contributed by atoms with Gasteiger partial charge in [0.1, 0.15) is 18.1 Å². The second kappa shape index (κ2) is 16.8. The van der Waals surface area contributed by atoms with Crippen LogP contribution in [0.15, 0.2) is 0 Å². The van der Waals surface area contributed by atoms with Crippen molar-refractivity contribution in [3.63, 3.8) is 0 Å². The topological polar surface area (TPSA) is 165 Å². The molecule has 0 aromatic carbocycles. The minimum atomic E-state index is -1.19. The van der Waals surface area contributed by atoms with E-state index in [0.29, 0.717) is 25.8 Å². The highest BCUT2D eigenvalue weighted by atomic mass is 16.7. The highest BCUT2D eigenvalue weighted by molar-refractivity contribution is 6.00. The fraction of sp³-hybridized carbons (Fsp3) is 0.892. The molecule has 3 heterocycles. The molecule has 0 aliphatic carbocycles. The van der Waals surface area contributed by atoms with E-state index in [9.17, 15) is 24.3 Å². The van der Waals surface area contributed by atoms with Gasteiger partial charge >= 0.3 is 12.1 Å². The second-order valence-electron chi connectivity index (χ2n) is 16.8. The molecule has 14 heteroatoms. The number of nitrogens with one attached hydrogen (secondary N) is 2. The Hall–Kier alpha value is -2.36. The predicted octanol–water partition coefficient (Wildman–Crippen LogP) is 2.74. The summed E-state index contributed by atoms with van der Waals surface area (Å²) in [5.74, 6) is -3.33. The van der Waals surface area contributed by atoms with Crippen molar-refractivity contribution in [2.75, 3.05) is 41.3 Å². The molecule has 3 N–H and O–H groups in total. The fourth-order valence-electron chi connectivity index (χ4n) is 8.10. The van der Waals surface area contributed by atoms with Crippen LogP contribution in [0.25, 0.3) is 0 Å². The van der Waals surface area contributed by atoms with Gasteiger partial charge in [-0.25, -0.2) is 4.79 Å². The van der Waals surface area contributed by atoms with E-state index in [1.165, 1.54) is 6.92 Å². The number of rotatable bonds is 7. The van der Waals surface area contributed by atoms with E-state index in [-0.39, 0.29) is 30.5 Å². The summed E-state index contributed by atoms with van der Waals surface area (Å²) in [5.41, 5.74) is -2.86. The Labute approximate surface area is 304 Å². The molecule has 13 atom stereocenters. The first-order chi connectivity index (χ1) is 23.5. The van der Waals surface area contributed by atoms with Gasteiger partial charge in [-0.15, -0.1) is 0 Å². The van der Waals surface area contributed by atoms with Crippen molar-refractivity contribution in [2.24, 2.45) is 23.2 Å². The number of hydrogen-bond donors (Lipinski definition) is 3. The third kappa shape index (κ3) is 9.61. The van der Waals surface area contributed by atoms with Gasteiger partial charge in [-0.3, -0.25) is 14.4 Å². The molecule has 0 bridgehead atoms. The molecule has 294 valence electrons. The second-order valence-corrected chi connectivity index (χ2v) is 16.8. The number of cyclic esters (lactones) is 1. The summed E-state index contributed by atoms with van der Waals surface area (Å²) in [6.45, 7) is 19.0. The van der Waals surface area contributed by atoms with Crippen LogP contribution in [0.5, 0.6) is 0 Å². The zero-order valence-electron chi connectivity index (χ0n) is 33.4. The molecular weight excluding hydrogens is 660 g/mol. The van der Waals surface area contributed by atoms with Gasteiger partial charge in [0.05, 0.1) is 23.9 Å². The molecule has 51 heavy (non-hydrogen) atoms. The van der Waals surface area contributed by atoms with E-state index < -0.39 is 83.0 Å². The maximum absolute atomic E-state index is 14.3. The van der Waals surface area contributed by atoms with Gasteiger partial charge in [-0.1, -0.05) is 41.5 Å². The number of aliphatic hydroxyl groups is 1. The van der Waals surface area contributed by atoms with Crippen LogP contribution in [0.1, 0.15) is 88.5 Å². The number of Topliss-reactive ketones (excluding diaryl/α,β-unsaturated/α-hetero) is 1. The lowest BCUT2D eigenvalue weighted by Gasteiger charge is -2.47. The number of esters is 1. The van der Waals surface area contributed by atoms with Gasteiger partial charge in [0, 0.05) is 44.1 Å². The number of carbonyl (C=O) groups excluding carboxylic acids is 4. The molecule has 3 aliphatic rings. The van der Waals surface area contributed by atoms with Gasteiger partial charge in [0.25, 0.3) is 0 Å². The summed E-state index contributed by atoms with van der Waals surface area (Å²) in [4.78, 5) is 57.1. The number of hydrogen-bond acceptors (Lipinski definition) is 12. The molecule has 3 saturated heterocycles. The predicted molar refractivity (Wildman–Crippen MR) is 191 cm³/mol. The molecule has 0 spiro atoms. The molecule has 3 aliphatic heterocycles. The zero-order chi connectivity index (χ0) is 38.8. The number of methoxy groups -OCH3 is 1. The molecule has 0 aromatic heterocycles. The number of fused-ring (bicyclic) bond motifs is 1. The first-order valence-corrected chi connectivity index (χ1v) is 18.4. The normalized spacial score (nSPS) is 40.4. The molecule has 5 unspecified atom stereocenters. The molecule has 0 saturated carbocycles. The number of ketones is 1. The average molecular weight is 727 g/mol. The van der Waals surface area contributed by atoms with Gasteiger partial charge in [0.2, 0.25) is 5.91 Å². The lowest BCUT2D eigenvalue weighted by molar-refractivity contribution is -0.298. The van der Waals surface area contributed by atoms with Gasteiger partial charge in [-0.05, 0) is 73.5 Å².